The lowest BCUT2D eigenvalue weighted by atomic mass is 10.3. The van der Waals surface area contributed by atoms with E-state index in [1.807, 2.05) is 6.92 Å². The summed E-state index contributed by atoms with van der Waals surface area (Å²) in [5.74, 6) is 0. The summed E-state index contributed by atoms with van der Waals surface area (Å²) in [5, 5.41) is 9.02. The van der Waals surface area contributed by atoms with Gasteiger partial charge in [-0.25, -0.2) is 9.36 Å². The largest absolute Gasteiger partial charge is 0.330 e. The zero-order valence-corrected chi connectivity index (χ0v) is 9.43. The van der Waals surface area contributed by atoms with Gasteiger partial charge < -0.3 is 0 Å². The number of aryl methyl sites for hydroxylation is 1. The van der Waals surface area contributed by atoms with E-state index in [1.54, 1.807) is 12.1 Å². The van der Waals surface area contributed by atoms with Crippen molar-refractivity contribution in [1.29, 1.82) is 5.26 Å². The van der Waals surface area contributed by atoms with E-state index < -0.39 is 11.2 Å². The van der Waals surface area contributed by atoms with Gasteiger partial charge >= 0.3 is 5.69 Å². The van der Waals surface area contributed by atoms with Crippen LogP contribution in [0.3, 0.4) is 0 Å². The summed E-state index contributed by atoms with van der Waals surface area (Å²) in [7, 11) is 0. The molecule has 0 spiro atoms. The maximum absolute atomic E-state index is 11.9. The Labute approximate surface area is 94.6 Å². The summed E-state index contributed by atoms with van der Waals surface area (Å²) in [6.07, 6.45) is 0.819. The van der Waals surface area contributed by atoms with E-state index in [4.69, 9.17) is 5.26 Å². The van der Waals surface area contributed by atoms with Crippen molar-refractivity contribution in [3.8, 4) is 6.07 Å². The molecule has 0 radical (unpaired) electrons. The minimum atomic E-state index is -0.524. The van der Waals surface area contributed by atoms with Gasteiger partial charge in [0.1, 0.15) is 11.4 Å². The molecule has 0 unspecified atom stereocenters. The molecule has 82 valence electrons. The van der Waals surface area contributed by atoms with Crippen LogP contribution in [0.2, 0.25) is 0 Å². The standard InChI is InChI=1S/C10H9N3O2S/c1-2-6-5-7-8(16-6)12-10(15)13(4-3-11)9(7)14/h5H,2,4H2,1H3,(H,12,15). The molecule has 2 aromatic heterocycles. The van der Waals surface area contributed by atoms with Crippen molar-refractivity contribution in [2.75, 3.05) is 0 Å². The quantitative estimate of drug-likeness (QED) is 0.837. The van der Waals surface area contributed by atoms with Crippen molar-refractivity contribution < 1.29 is 0 Å². The number of thiophene rings is 1. The number of hydrogen-bond acceptors (Lipinski definition) is 4. The predicted molar refractivity (Wildman–Crippen MR) is 61.7 cm³/mol. The Hall–Kier alpha value is -1.87. The van der Waals surface area contributed by atoms with Gasteiger partial charge in [-0.3, -0.25) is 9.78 Å². The van der Waals surface area contributed by atoms with E-state index in [0.29, 0.717) is 10.2 Å². The molecule has 0 saturated carbocycles. The lowest BCUT2D eigenvalue weighted by Gasteiger charge is -1.97. The van der Waals surface area contributed by atoms with Gasteiger partial charge in [-0.2, -0.15) is 5.26 Å². The first kappa shape index (κ1) is 10.6. The Morgan fingerprint density at radius 1 is 1.56 bits per heavy atom. The molecule has 0 aliphatic rings. The van der Waals surface area contributed by atoms with E-state index in [9.17, 15) is 9.59 Å². The zero-order chi connectivity index (χ0) is 11.7. The second-order valence-corrected chi connectivity index (χ2v) is 4.43. The molecule has 0 saturated heterocycles. The topological polar surface area (TPSA) is 78.7 Å². The second-order valence-electron chi connectivity index (χ2n) is 3.29. The van der Waals surface area contributed by atoms with E-state index in [1.165, 1.54) is 11.3 Å². The van der Waals surface area contributed by atoms with E-state index in [0.717, 1.165) is 15.9 Å². The SMILES string of the molecule is CCc1cc2c(=O)n(CC#N)c(=O)[nH]c2s1. The molecule has 5 nitrogen and oxygen atoms in total. The van der Waals surface area contributed by atoms with Crippen LogP contribution in [0.4, 0.5) is 0 Å². The summed E-state index contributed by atoms with van der Waals surface area (Å²) in [6, 6.07) is 3.57. The van der Waals surface area contributed by atoms with Crippen LogP contribution in [0.15, 0.2) is 15.7 Å². The normalized spacial score (nSPS) is 10.5. The van der Waals surface area contributed by atoms with Crippen molar-refractivity contribution in [3.63, 3.8) is 0 Å². The average Bonchev–Trinajstić information content (AvgIpc) is 2.67. The molecular weight excluding hydrogens is 226 g/mol. The fourth-order valence-electron chi connectivity index (χ4n) is 1.48. The number of aromatic amines is 1. The van der Waals surface area contributed by atoms with Crippen LogP contribution in [0.25, 0.3) is 10.2 Å². The van der Waals surface area contributed by atoms with Crippen LogP contribution < -0.4 is 11.2 Å². The monoisotopic (exact) mass is 235 g/mol. The fourth-order valence-corrected chi connectivity index (χ4v) is 2.46. The minimum Gasteiger partial charge on any atom is -0.298 e. The van der Waals surface area contributed by atoms with Crippen LogP contribution in [-0.2, 0) is 13.0 Å². The molecule has 0 atom stereocenters. The molecular formula is C10H9N3O2S. The first-order valence-corrected chi connectivity index (χ1v) is 5.61. The highest BCUT2D eigenvalue weighted by Gasteiger charge is 2.09. The number of hydrogen-bond donors (Lipinski definition) is 1. The third-order valence-corrected chi connectivity index (χ3v) is 3.50. The minimum absolute atomic E-state index is 0.221. The summed E-state index contributed by atoms with van der Waals surface area (Å²) >= 11 is 1.40. The van der Waals surface area contributed by atoms with Gasteiger partial charge in [0.15, 0.2) is 0 Å². The van der Waals surface area contributed by atoms with Crippen molar-refractivity contribution in [2.45, 2.75) is 19.9 Å². The highest BCUT2D eigenvalue weighted by atomic mass is 32.1. The lowest BCUT2D eigenvalue weighted by Crippen LogP contribution is -2.34. The summed E-state index contributed by atoms with van der Waals surface area (Å²) in [6.45, 7) is 1.76. The number of nitriles is 1. The molecule has 6 heteroatoms. The van der Waals surface area contributed by atoms with Gasteiger partial charge in [0, 0.05) is 4.88 Å². The van der Waals surface area contributed by atoms with Crippen LogP contribution in [-0.4, -0.2) is 9.55 Å². The Morgan fingerprint density at radius 2 is 2.31 bits per heavy atom. The molecule has 0 bridgehead atoms. The smallest absolute Gasteiger partial charge is 0.298 e. The average molecular weight is 235 g/mol. The van der Waals surface area contributed by atoms with E-state index in [-0.39, 0.29) is 6.54 Å². The second kappa shape index (κ2) is 3.94. The van der Waals surface area contributed by atoms with Crippen molar-refractivity contribution in [3.05, 3.63) is 31.8 Å². The molecule has 2 rings (SSSR count). The van der Waals surface area contributed by atoms with Crippen molar-refractivity contribution in [1.82, 2.24) is 9.55 Å². The summed E-state index contributed by atoms with van der Waals surface area (Å²) < 4.78 is 0.911. The Kier molecular flexibility index (Phi) is 2.62. The molecule has 0 aliphatic carbocycles. The van der Waals surface area contributed by atoms with E-state index >= 15 is 0 Å². The molecule has 2 heterocycles. The number of aromatic nitrogens is 2. The van der Waals surface area contributed by atoms with E-state index in [2.05, 4.69) is 4.98 Å². The van der Waals surface area contributed by atoms with Gasteiger partial charge in [-0.05, 0) is 12.5 Å². The maximum atomic E-state index is 11.9. The Balaban J connectivity index is 2.83. The molecule has 1 N–H and O–H groups in total. The number of H-pyrrole nitrogens is 1. The van der Waals surface area contributed by atoms with Gasteiger partial charge in [-0.1, -0.05) is 6.92 Å². The van der Waals surface area contributed by atoms with Gasteiger partial charge in [-0.15, -0.1) is 11.3 Å². The molecule has 16 heavy (non-hydrogen) atoms. The molecule has 0 amide bonds. The predicted octanol–water partition coefficient (Wildman–Crippen LogP) is 0.837. The fraction of sp³-hybridized carbons (Fsp3) is 0.300. The summed E-state index contributed by atoms with van der Waals surface area (Å²) in [5.41, 5.74) is -0.917. The number of fused-ring (bicyclic) bond motifs is 1. The highest BCUT2D eigenvalue weighted by Crippen LogP contribution is 2.20. The molecule has 0 aliphatic heterocycles. The third-order valence-electron chi connectivity index (χ3n) is 2.30. The molecule has 0 aromatic carbocycles. The summed E-state index contributed by atoms with van der Waals surface area (Å²) in [4.78, 5) is 27.6. The van der Waals surface area contributed by atoms with Crippen molar-refractivity contribution in [2.24, 2.45) is 0 Å². The zero-order valence-electron chi connectivity index (χ0n) is 8.61. The van der Waals surface area contributed by atoms with Crippen LogP contribution in [0.5, 0.6) is 0 Å². The first-order valence-electron chi connectivity index (χ1n) is 4.80. The van der Waals surface area contributed by atoms with Crippen molar-refractivity contribution >= 4 is 21.6 Å². The Morgan fingerprint density at radius 3 is 2.94 bits per heavy atom. The van der Waals surface area contributed by atoms with Gasteiger partial charge in [0.25, 0.3) is 5.56 Å². The highest BCUT2D eigenvalue weighted by molar-refractivity contribution is 7.18. The third kappa shape index (κ3) is 1.55. The maximum Gasteiger partial charge on any atom is 0.330 e. The van der Waals surface area contributed by atoms with Crippen LogP contribution in [0, 0.1) is 11.3 Å². The lowest BCUT2D eigenvalue weighted by molar-refractivity contribution is 0.736. The number of nitrogens with one attached hydrogen (secondary N) is 1. The van der Waals surface area contributed by atoms with Crippen LogP contribution in [0.1, 0.15) is 11.8 Å². The van der Waals surface area contributed by atoms with Gasteiger partial charge in [0.2, 0.25) is 0 Å². The molecule has 0 fully saturated rings. The Bertz CT molecular complexity index is 687. The van der Waals surface area contributed by atoms with Crippen LogP contribution >= 0.6 is 11.3 Å². The first-order chi connectivity index (χ1) is 7.67. The number of rotatable bonds is 2. The number of nitrogens with zero attached hydrogens (tertiary/aromatic N) is 2. The molecule has 2 aromatic rings. The van der Waals surface area contributed by atoms with Gasteiger partial charge in [0.05, 0.1) is 11.5 Å².